The summed E-state index contributed by atoms with van der Waals surface area (Å²) < 4.78 is 6.24. The molecule has 0 bridgehead atoms. The number of halogens is 1. The van der Waals surface area contributed by atoms with E-state index in [1.165, 1.54) is 4.68 Å². The van der Waals surface area contributed by atoms with Gasteiger partial charge in [0.05, 0.1) is 25.0 Å². The molecule has 0 radical (unpaired) electrons. The summed E-state index contributed by atoms with van der Waals surface area (Å²) in [5.74, 6) is 0. The molecule has 1 aliphatic carbocycles. The summed E-state index contributed by atoms with van der Waals surface area (Å²) in [6.07, 6.45) is 5.86. The van der Waals surface area contributed by atoms with Crippen molar-refractivity contribution in [1.29, 1.82) is 0 Å². The molecule has 0 unspecified atom stereocenters. The third-order valence-electron chi connectivity index (χ3n) is 3.84. The molecular weight excluding hydrogens is 280 g/mol. The average Bonchev–Trinajstić information content (AvgIpc) is 2.92. The Hall–Kier alpha value is -1.11. The lowest BCUT2D eigenvalue weighted by Gasteiger charge is -2.30. The van der Waals surface area contributed by atoms with Gasteiger partial charge < -0.3 is 15.8 Å². The first-order valence-electron chi connectivity index (χ1n) is 6.85. The largest absolute Gasteiger partial charge is 0.383 e. The standard InChI is InChI=1S/C13H21ClN4O2/c1-20-7-6-18-12(19)11(14)10(8-16-18)17-13(9-15)4-2-3-5-13/h8,17H,2-7,9,15H2,1H3. The third-order valence-corrected chi connectivity index (χ3v) is 4.21. The molecule has 112 valence electrons. The third kappa shape index (κ3) is 3.13. The summed E-state index contributed by atoms with van der Waals surface area (Å²) in [6.45, 7) is 1.33. The highest BCUT2D eigenvalue weighted by molar-refractivity contribution is 6.32. The van der Waals surface area contributed by atoms with Crippen LogP contribution in [0.25, 0.3) is 0 Å². The van der Waals surface area contributed by atoms with E-state index in [0.29, 0.717) is 25.4 Å². The highest BCUT2D eigenvalue weighted by Crippen LogP contribution is 2.33. The fourth-order valence-electron chi connectivity index (χ4n) is 2.61. The van der Waals surface area contributed by atoms with Crippen molar-refractivity contribution in [3.63, 3.8) is 0 Å². The molecule has 0 atom stereocenters. The van der Waals surface area contributed by atoms with Crippen LogP contribution >= 0.6 is 11.6 Å². The van der Waals surface area contributed by atoms with Gasteiger partial charge in [-0.25, -0.2) is 4.68 Å². The number of nitrogens with two attached hydrogens (primary N) is 1. The number of ether oxygens (including phenoxy) is 1. The fourth-order valence-corrected chi connectivity index (χ4v) is 2.80. The zero-order chi connectivity index (χ0) is 14.6. The van der Waals surface area contributed by atoms with Gasteiger partial charge in [-0.05, 0) is 12.8 Å². The second-order valence-corrected chi connectivity index (χ2v) is 5.59. The van der Waals surface area contributed by atoms with Gasteiger partial charge in [0.2, 0.25) is 0 Å². The molecule has 2 rings (SSSR count). The SMILES string of the molecule is COCCn1ncc(NC2(CN)CCCC2)c(Cl)c1=O. The van der Waals surface area contributed by atoms with E-state index in [1.54, 1.807) is 13.3 Å². The summed E-state index contributed by atoms with van der Waals surface area (Å²) in [5.41, 5.74) is 5.98. The zero-order valence-electron chi connectivity index (χ0n) is 11.7. The molecule has 0 amide bonds. The number of anilines is 1. The minimum atomic E-state index is -0.307. The summed E-state index contributed by atoms with van der Waals surface area (Å²) >= 11 is 6.16. The van der Waals surface area contributed by atoms with Crippen LogP contribution < -0.4 is 16.6 Å². The van der Waals surface area contributed by atoms with E-state index in [0.717, 1.165) is 25.7 Å². The van der Waals surface area contributed by atoms with Crippen LogP contribution in [-0.2, 0) is 11.3 Å². The van der Waals surface area contributed by atoms with Crippen LogP contribution in [0.3, 0.4) is 0 Å². The Bertz CT molecular complexity index is 512. The number of hydrogen-bond donors (Lipinski definition) is 2. The van der Waals surface area contributed by atoms with E-state index in [2.05, 4.69) is 10.4 Å². The summed E-state index contributed by atoms with van der Waals surface area (Å²) in [5, 5.41) is 7.62. The number of nitrogens with one attached hydrogen (secondary N) is 1. The van der Waals surface area contributed by atoms with Crippen LogP contribution in [0.4, 0.5) is 5.69 Å². The van der Waals surface area contributed by atoms with Crippen LogP contribution in [0.15, 0.2) is 11.0 Å². The molecule has 0 aliphatic heterocycles. The quantitative estimate of drug-likeness (QED) is 0.825. The van der Waals surface area contributed by atoms with Crippen LogP contribution in [0.5, 0.6) is 0 Å². The molecule has 1 aromatic heterocycles. The lowest BCUT2D eigenvalue weighted by Crippen LogP contribution is -2.43. The average molecular weight is 301 g/mol. The topological polar surface area (TPSA) is 82.2 Å². The molecular formula is C13H21ClN4O2. The Morgan fingerprint density at radius 2 is 2.25 bits per heavy atom. The lowest BCUT2D eigenvalue weighted by molar-refractivity contribution is 0.182. The maximum Gasteiger partial charge on any atom is 0.287 e. The van der Waals surface area contributed by atoms with E-state index < -0.39 is 0 Å². The summed E-state index contributed by atoms with van der Waals surface area (Å²) in [4.78, 5) is 12.1. The first-order chi connectivity index (χ1) is 9.62. The highest BCUT2D eigenvalue weighted by Gasteiger charge is 2.33. The minimum absolute atomic E-state index is 0.156. The van der Waals surface area contributed by atoms with E-state index in [9.17, 15) is 4.79 Å². The maximum absolute atomic E-state index is 12.1. The van der Waals surface area contributed by atoms with Gasteiger partial charge in [-0.2, -0.15) is 5.10 Å². The normalized spacial score (nSPS) is 17.4. The molecule has 1 aromatic rings. The Morgan fingerprint density at radius 3 is 2.85 bits per heavy atom. The first kappa shape index (κ1) is 15.3. The van der Waals surface area contributed by atoms with Crippen LogP contribution in [-0.4, -0.2) is 35.6 Å². The monoisotopic (exact) mass is 300 g/mol. The summed E-state index contributed by atoms with van der Waals surface area (Å²) in [7, 11) is 1.58. The van der Waals surface area contributed by atoms with Crippen molar-refractivity contribution in [2.24, 2.45) is 5.73 Å². The van der Waals surface area contributed by atoms with Gasteiger partial charge in [-0.1, -0.05) is 24.4 Å². The van der Waals surface area contributed by atoms with Crippen molar-refractivity contribution < 1.29 is 4.74 Å². The first-order valence-corrected chi connectivity index (χ1v) is 7.22. The number of methoxy groups -OCH3 is 1. The predicted octanol–water partition coefficient (Wildman–Crippen LogP) is 1.23. The van der Waals surface area contributed by atoms with Crippen molar-refractivity contribution in [1.82, 2.24) is 9.78 Å². The Labute approximate surface area is 123 Å². The Morgan fingerprint density at radius 1 is 1.55 bits per heavy atom. The van der Waals surface area contributed by atoms with E-state index in [4.69, 9.17) is 22.1 Å². The summed E-state index contributed by atoms with van der Waals surface area (Å²) in [6, 6.07) is 0. The van der Waals surface area contributed by atoms with Crippen molar-refractivity contribution >= 4 is 17.3 Å². The molecule has 20 heavy (non-hydrogen) atoms. The van der Waals surface area contributed by atoms with Gasteiger partial charge in [0.1, 0.15) is 5.02 Å². The minimum Gasteiger partial charge on any atom is -0.383 e. The van der Waals surface area contributed by atoms with Crippen molar-refractivity contribution in [3.8, 4) is 0 Å². The molecule has 3 N–H and O–H groups in total. The highest BCUT2D eigenvalue weighted by atomic mass is 35.5. The van der Waals surface area contributed by atoms with Gasteiger partial charge in [-0.3, -0.25) is 4.79 Å². The van der Waals surface area contributed by atoms with Crippen LogP contribution in [0.1, 0.15) is 25.7 Å². The van der Waals surface area contributed by atoms with Crippen molar-refractivity contribution in [3.05, 3.63) is 21.6 Å². The number of hydrogen-bond acceptors (Lipinski definition) is 5. The smallest absolute Gasteiger partial charge is 0.287 e. The molecule has 6 nitrogen and oxygen atoms in total. The number of nitrogens with zero attached hydrogens (tertiary/aromatic N) is 2. The lowest BCUT2D eigenvalue weighted by atomic mass is 9.97. The Kier molecular flexibility index (Phi) is 5.01. The zero-order valence-corrected chi connectivity index (χ0v) is 12.4. The molecule has 0 aromatic carbocycles. The van der Waals surface area contributed by atoms with Crippen molar-refractivity contribution in [2.45, 2.75) is 37.8 Å². The van der Waals surface area contributed by atoms with E-state index in [-0.39, 0.29) is 16.1 Å². The molecule has 0 saturated heterocycles. The van der Waals surface area contributed by atoms with Gasteiger partial charge in [-0.15, -0.1) is 0 Å². The van der Waals surface area contributed by atoms with Gasteiger partial charge >= 0.3 is 0 Å². The number of rotatable bonds is 6. The van der Waals surface area contributed by atoms with Gasteiger partial charge in [0.25, 0.3) is 5.56 Å². The van der Waals surface area contributed by atoms with Crippen LogP contribution in [0, 0.1) is 0 Å². The fraction of sp³-hybridized carbons (Fsp3) is 0.692. The van der Waals surface area contributed by atoms with Crippen molar-refractivity contribution in [2.75, 3.05) is 25.6 Å². The molecule has 1 aliphatic rings. The maximum atomic E-state index is 12.1. The molecule has 1 saturated carbocycles. The van der Waals surface area contributed by atoms with E-state index >= 15 is 0 Å². The molecule has 1 fully saturated rings. The van der Waals surface area contributed by atoms with E-state index in [1.807, 2.05) is 0 Å². The Balaban J connectivity index is 2.21. The molecule has 0 spiro atoms. The second-order valence-electron chi connectivity index (χ2n) is 5.21. The van der Waals surface area contributed by atoms with Gasteiger partial charge in [0.15, 0.2) is 0 Å². The van der Waals surface area contributed by atoms with Gasteiger partial charge in [0, 0.05) is 19.2 Å². The molecule has 7 heteroatoms. The second kappa shape index (κ2) is 6.56. The molecule has 1 heterocycles. The number of aromatic nitrogens is 2. The predicted molar refractivity (Wildman–Crippen MR) is 79.3 cm³/mol. The van der Waals surface area contributed by atoms with Crippen LogP contribution in [0.2, 0.25) is 5.02 Å².